The van der Waals surface area contributed by atoms with Gasteiger partial charge in [0.05, 0.1) is 28.6 Å². The zero-order valence-electron chi connectivity index (χ0n) is 21.3. The highest BCUT2D eigenvalue weighted by atomic mass is 16.5. The van der Waals surface area contributed by atoms with Crippen molar-refractivity contribution in [1.29, 1.82) is 0 Å². The van der Waals surface area contributed by atoms with Crippen LogP contribution in [0.3, 0.4) is 0 Å². The summed E-state index contributed by atoms with van der Waals surface area (Å²) in [5, 5.41) is 2.88. The SMILES string of the molecule is O=C(/C=C/c1ccccc1)Nc1cccc(-n2c(=O)n(-c3ccc(Oc4ccccc4)cc3)c3cnccc32)c1. The third-order valence-electron chi connectivity index (χ3n) is 6.31. The number of carbonyl (C=O) groups excluding carboxylic acids is 1. The second kappa shape index (κ2) is 11.0. The van der Waals surface area contributed by atoms with Crippen molar-refractivity contribution in [3.8, 4) is 22.9 Å². The number of hydrogen-bond acceptors (Lipinski definition) is 4. The van der Waals surface area contributed by atoms with Gasteiger partial charge in [-0.3, -0.25) is 18.9 Å². The number of carbonyl (C=O) groups is 1. The summed E-state index contributed by atoms with van der Waals surface area (Å²) in [5.74, 6) is 1.13. The van der Waals surface area contributed by atoms with Gasteiger partial charge in [0.1, 0.15) is 11.5 Å². The highest BCUT2D eigenvalue weighted by molar-refractivity contribution is 6.02. The molecular weight excluding hydrogens is 500 g/mol. The fourth-order valence-electron chi connectivity index (χ4n) is 4.48. The van der Waals surface area contributed by atoms with Crippen LogP contribution in [0.2, 0.25) is 0 Å². The van der Waals surface area contributed by atoms with Gasteiger partial charge in [-0.25, -0.2) is 4.79 Å². The van der Waals surface area contributed by atoms with Crippen LogP contribution in [0.25, 0.3) is 28.5 Å². The molecule has 0 spiro atoms. The van der Waals surface area contributed by atoms with Gasteiger partial charge in [0.15, 0.2) is 0 Å². The van der Waals surface area contributed by atoms with Crippen LogP contribution in [0, 0.1) is 0 Å². The van der Waals surface area contributed by atoms with Gasteiger partial charge in [-0.15, -0.1) is 0 Å². The molecule has 0 saturated heterocycles. The molecule has 0 aliphatic heterocycles. The van der Waals surface area contributed by atoms with Gasteiger partial charge in [0.2, 0.25) is 5.91 Å². The average Bonchev–Trinajstić information content (AvgIpc) is 3.29. The standard InChI is InChI=1S/C33H24N4O3/c38-32(19-14-24-8-3-1-4-9-24)35-25-10-7-11-27(22-25)37-30-20-21-34-23-31(30)36(33(37)39)26-15-17-29(18-16-26)40-28-12-5-2-6-13-28/h1-23H,(H,35,38)/b19-14+. The summed E-state index contributed by atoms with van der Waals surface area (Å²) >= 11 is 0. The molecule has 194 valence electrons. The van der Waals surface area contributed by atoms with Crippen LogP contribution in [0.5, 0.6) is 11.5 Å². The Balaban J connectivity index is 1.31. The van der Waals surface area contributed by atoms with Crippen molar-refractivity contribution in [3.63, 3.8) is 0 Å². The van der Waals surface area contributed by atoms with Gasteiger partial charge >= 0.3 is 5.69 Å². The minimum absolute atomic E-state index is 0.257. The number of nitrogens with one attached hydrogen (secondary N) is 1. The largest absolute Gasteiger partial charge is 0.457 e. The van der Waals surface area contributed by atoms with Gasteiger partial charge in [-0.2, -0.15) is 0 Å². The number of benzene rings is 4. The fraction of sp³-hybridized carbons (Fsp3) is 0. The summed E-state index contributed by atoms with van der Waals surface area (Å²) in [6.07, 6.45) is 6.55. The molecule has 2 heterocycles. The quantitative estimate of drug-likeness (QED) is 0.238. The number of pyridine rings is 1. The molecule has 7 nitrogen and oxygen atoms in total. The van der Waals surface area contributed by atoms with E-state index in [2.05, 4.69) is 10.3 Å². The van der Waals surface area contributed by atoms with E-state index in [4.69, 9.17) is 4.74 Å². The normalized spacial score (nSPS) is 11.1. The van der Waals surface area contributed by atoms with E-state index in [1.165, 1.54) is 6.08 Å². The molecule has 1 amide bonds. The molecule has 0 saturated carbocycles. The highest BCUT2D eigenvalue weighted by Crippen LogP contribution is 2.25. The smallest absolute Gasteiger partial charge is 0.338 e. The van der Waals surface area contributed by atoms with Gasteiger partial charge < -0.3 is 10.1 Å². The van der Waals surface area contributed by atoms with E-state index in [0.29, 0.717) is 33.8 Å². The van der Waals surface area contributed by atoms with Crippen molar-refractivity contribution in [2.75, 3.05) is 5.32 Å². The third kappa shape index (κ3) is 5.16. The zero-order valence-corrected chi connectivity index (χ0v) is 21.3. The number of fused-ring (bicyclic) bond motifs is 1. The monoisotopic (exact) mass is 524 g/mol. The number of para-hydroxylation sites is 1. The van der Waals surface area contributed by atoms with Crippen molar-refractivity contribution < 1.29 is 9.53 Å². The molecule has 0 atom stereocenters. The number of rotatable bonds is 7. The average molecular weight is 525 g/mol. The minimum atomic E-state index is -0.266. The summed E-state index contributed by atoms with van der Waals surface area (Å²) in [7, 11) is 0. The second-order valence-electron chi connectivity index (χ2n) is 9.01. The molecular formula is C33H24N4O3. The van der Waals surface area contributed by atoms with Crippen LogP contribution in [0.15, 0.2) is 139 Å². The molecule has 6 rings (SSSR count). The van der Waals surface area contributed by atoms with Crippen molar-refractivity contribution in [2.24, 2.45) is 0 Å². The second-order valence-corrected chi connectivity index (χ2v) is 9.01. The molecule has 0 unspecified atom stereocenters. The molecule has 0 radical (unpaired) electrons. The van der Waals surface area contributed by atoms with Crippen LogP contribution >= 0.6 is 0 Å². The van der Waals surface area contributed by atoms with Crippen LogP contribution in [0.4, 0.5) is 5.69 Å². The molecule has 4 aromatic carbocycles. The van der Waals surface area contributed by atoms with Crippen molar-refractivity contribution >= 4 is 28.7 Å². The Labute approximate surface area is 230 Å². The maximum atomic E-state index is 13.8. The summed E-state index contributed by atoms with van der Waals surface area (Å²) < 4.78 is 9.13. The first kappa shape index (κ1) is 24.6. The van der Waals surface area contributed by atoms with Crippen molar-refractivity contribution in [3.05, 3.63) is 150 Å². The first-order valence-electron chi connectivity index (χ1n) is 12.7. The van der Waals surface area contributed by atoms with Crippen LogP contribution in [-0.4, -0.2) is 20.0 Å². The summed E-state index contributed by atoms with van der Waals surface area (Å²) in [4.78, 5) is 30.6. The number of aromatic nitrogens is 3. The molecule has 1 N–H and O–H groups in total. The maximum Gasteiger partial charge on any atom is 0.338 e. The van der Waals surface area contributed by atoms with E-state index in [-0.39, 0.29) is 11.6 Å². The van der Waals surface area contributed by atoms with Crippen LogP contribution in [-0.2, 0) is 4.79 Å². The molecule has 0 aliphatic carbocycles. The lowest BCUT2D eigenvalue weighted by Gasteiger charge is -2.08. The topological polar surface area (TPSA) is 78.2 Å². The highest BCUT2D eigenvalue weighted by Gasteiger charge is 2.17. The Morgan fingerprint density at radius 3 is 2.20 bits per heavy atom. The molecule has 40 heavy (non-hydrogen) atoms. The van der Waals surface area contributed by atoms with E-state index < -0.39 is 0 Å². The third-order valence-corrected chi connectivity index (χ3v) is 6.31. The number of ether oxygens (including phenoxy) is 1. The first-order chi connectivity index (χ1) is 19.7. The zero-order chi connectivity index (χ0) is 27.3. The lowest BCUT2D eigenvalue weighted by Crippen LogP contribution is -2.22. The van der Waals surface area contributed by atoms with E-state index in [0.717, 1.165) is 11.3 Å². The maximum absolute atomic E-state index is 13.8. The molecule has 2 aromatic heterocycles. The number of nitrogens with zero attached hydrogens (tertiary/aromatic N) is 3. The molecule has 0 aliphatic rings. The van der Waals surface area contributed by atoms with E-state index in [1.54, 1.807) is 51.9 Å². The summed E-state index contributed by atoms with van der Waals surface area (Å²) in [5.41, 5.74) is 3.89. The van der Waals surface area contributed by atoms with Crippen LogP contribution < -0.4 is 15.7 Å². The predicted molar refractivity (Wildman–Crippen MR) is 157 cm³/mol. The number of amides is 1. The number of hydrogen-bond donors (Lipinski definition) is 1. The number of anilines is 1. The van der Waals surface area contributed by atoms with Crippen molar-refractivity contribution in [2.45, 2.75) is 0 Å². The van der Waals surface area contributed by atoms with Gasteiger partial charge in [0, 0.05) is 18.0 Å². The lowest BCUT2D eigenvalue weighted by molar-refractivity contribution is -0.111. The van der Waals surface area contributed by atoms with Crippen LogP contribution in [0.1, 0.15) is 5.56 Å². The Morgan fingerprint density at radius 1 is 0.725 bits per heavy atom. The van der Waals surface area contributed by atoms with E-state index >= 15 is 0 Å². The van der Waals surface area contributed by atoms with Crippen molar-refractivity contribution in [1.82, 2.24) is 14.1 Å². The Kier molecular flexibility index (Phi) is 6.75. The Morgan fingerprint density at radius 2 is 1.43 bits per heavy atom. The lowest BCUT2D eigenvalue weighted by atomic mass is 10.2. The predicted octanol–water partition coefficient (Wildman–Crippen LogP) is 6.62. The van der Waals surface area contributed by atoms with E-state index in [9.17, 15) is 9.59 Å². The first-order valence-corrected chi connectivity index (χ1v) is 12.7. The number of imidazole rings is 1. The Hall–Kier alpha value is -5.69. The fourth-order valence-corrected chi connectivity index (χ4v) is 4.48. The summed E-state index contributed by atoms with van der Waals surface area (Å²) in [6.45, 7) is 0. The molecule has 6 aromatic rings. The minimum Gasteiger partial charge on any atom is -0.457 e. The Bertz CT molecular complexity index is 1870. The van der Waals surface area contributed by atoms with Gasteiger partial charge in [0.25, 0.3) is 0 Å². The molecule has 0 fully saturated rings. The summed E-state index contributed by atoms with van der Waals surface area (Å²) in [6, 6.07) is 35.4. The van der Waals surface area contributed by atoms with E-state index in [1.807, 2.05) is 91.0 Å². The van der Waals surface area contributed by atoms with Gasteiger partial charge in [-0.05, 0) is 72.3 Å². The molecule has 0 bridgehead atoms. The van der Waals surface area contributed by atoms with Gasteiger partial charge in [-0.1, -0.05) is 54.6 Å². The molecule has 7 heteroatoms.